The Morgan fingerprint density at radius 1 is 1.09 bits per heavy atom. The van der Waals surface area contributed by atoms with Gasteiger partial charge in [-0.3, -0.25) is 9.69 Å². The van der Waals surface area contributed by atoms with E-state index in [1.165, 1.54) is 4.90 Å². The molecule has 0 unspecified atom stereocenters. The molecule has 0 spiro atoms. The quantitative estimate of drug-likeness (QED) is 0.316. The van der Waals surface area contributed by atoms with E-state index in [1.54, 1.807) is 38.2 Å². The number of hydrogen-bond donors (Lipinski definition) is 0. The van der Waals surface area contributed by atoms with Crippen LogP contribution in [0.5, 0.6) is 0 Å². The third-order valence-corrected chi connectivity index (χ3v) is 6.86. The number of ketones is 1. The van der Waals surface area contributed by atoms with Crippen LogP contribution in [0.1, 0.15) is 44.0 Å². The smallest absolute Gasteiger partial charge is 0.411 e. The number of nitrogens with zero attached hydrogens (tertiary/aromatic N) is 1. The molecule has 1 aliphatic heterocycles. The highest BCUT2D eigenvalue weighted by Gasteiger charge is 2.37. The van der Waals surface area contributed by atoms with E-state index in [9.17, 15) is 14.4 Å². The number of esters is 1. The first kappa shape index (κ1) is 22.7. The fraction of sp³-hybridized carbons (Fsp3) is 0.375. The van der Waals surface area contributed by atoms with Crippen LogP contribution in [-0.2, 0) is 14.3 Å². The van der Waals surface area contributed by atoms with Gasteiger partial charge in [0.15, 0.2) is 12.4 Å². The fourth-order valence-corrected chi connectivity index (χ4v) is 5.49. The summed E-state index contributed by atoms with van der Waals surface area (Å²) in [4.78, 5) is 39.1. The Morgan fingerprint density at radius 2 is 1.78 bits per heavy atom. The van der Waals surface area contributed by atoms with Crippen molar-refractivity contribution < 1.29 is 23.9 Å². The number of fused-ring (bicyclic) bond motifs is 3. The molecule has 32 heavy (non-hydrogen) atoms. The van der Waals surface area contributed by atoms with Gasteiger partial charge in [-0.05, 0) is 51.8 Å². The zero-order chi connectivity index (χ0) is 23.0. The molecule has 2 aromatic carbocycles. The van der Waals surface area contributed by atoms with Crippen LogP contribution in [0.15, 0.2) is 40.9 Å². The third kappa shape index (κ3) is 4.81. The highest BCUT2D eigenvalue weighted by molar-refractivity contribution is 9.10. The second-order valence-electron chi connectivity index (χ2n) is 8.82. The molecule has 4 rings (SSSR count). The first-order valence-corrected chi connectivity index (χ1v) is 12.0. The fourth-order valence-electron chi connectivity index (χ4n) is 3.79. The number of halogens is 1. The van der Waals surface area contributed by atoms with Crippen LogP contribution in [-0.4, -0.2) is 47.5 Å². The van der Waals surface area contributed by atoms with Crippen LogP contribution in [0.2, 0.25) is 0 Å². The molecule has 6 nitrogen and oxygen atoms in total. The molecule has 8 heteroatoms. The topological polar surface area (TPSA) is 72.9 Å². The van der Waals surface area contributed by atoms with Crippen LogP contribution in [0, 0.1) is 0 Å². The largest absolute Gasteiger partial charge is 0.456 e. The predicted octanol–water partition coefficient (Wildman–Crippen LogP) is 5.94. The van der Waals surface area contributed by atoms with Crippen LogP contribution in [0.3, 0.4) is 0 Å². The van der Waals surface area contributed by atoms with E-state index in [1.807, 2.05) is 18.2 Å². The van der Waals surface area contributed by atoms with Crippen molar-refractivity contribution in [2.45, 2.75) is 45.3 Å². The van der Waals surface area contributed by atoms with Crippen LogP contribution >= 0.6 is 27.3 Å². The second-order valence-corrected chi connectivity index (χ2v) is 10.8. The number of carbonyl (C=O) groups excluding carboxylic acids is 3. The van der Waals surface area contributed by atoms with Crippen LogP contribution in [0.25, 0.3) is 20.2 Å². The molecular weight excluding hydrogens is 494 g/mol. The van der Waals surface area contributed by atoms with E-state index in [0.717, 1.165) is 24.6 Å². The number of rotatable bonds is 4. The van der Waals surface area contributed by atoms with Crippen LogP contribution in [0.4, 0.5) is 4.79 Å². The summed E-state index contributed by atoms with van der Waals surface area (Å²) in [5, 5.41) is 2.23. The van der Waals surface area contributed by atoms with Crippen molar-refractivity contribution in [1.82, 2.24) is 4.90 Å². The Labute approximate surface area is 198 Å². The van der Waals surface area contributed by atoms with Gasteiger partial charge in [-0.1, -0.05) is 34.1 Å². The van der Waals surface area contributed by atoms with Gasteiger partial charge in [0, 0.05) is 36.8 Å². The standard InChI is InChI=1S/C24H24BrNO5S/c1-24(2,3)31-23(29)26-10-4-5-18(26)22(28)30-13-19(27)14-6-8-16-17-9-7-15(25)12-21(17)32-20(16)11-14/h6-9,11-12,18H,4-5,10,13H2,1-3H3/t18-/m0/s1. The lowest BCUT2D eigenvalue weighted by molar-refractivity contribution is -0.147. The summed E-state index contributed by atoms with van der Waals surface area (Å²) in [6.07, 6.45) is 0.645. The first-order chi connectivity index (χ1) is 15.1. The summed E-state index contributed by atoms with van der Waals surface area (Å²) in [5.41, 5.74) is -0.155. The van der Waals surface area contributed by atoms with Gasteiger partial charge in [-0.15, -0.1) is 11.3 Å². The van der Waals surface area contributed by atoms with E-state index in [-0.39, 0.29) is 12.4 Å². The highest BCUT2D eigenvalue weighted by Crippen LogP contribution is 2.36. The lowest BCUT2D eigenvalue weighted by Gasteiger charge is -2.27. The van der Waals surface area contributed by atoms with E-state index in [2.05, 4.69) is 28.1 Å². The number of likely N-dealkylation sites (tertiary alicyclic amines) is 1. The molecule has 2 heterocycles. The third-order valence-electron chi connectivity index (χ3n) is 5.26. The molecule has 1 aromatic heterocycles. The zero-order valence-electron chi connectivity index (χ0n) is 18.1. The summed E-state index contributed by atoms with van der Waals surface area (Å²) in [6, 6.07) is 10.9. The summed E-state index contributed by atoms with van der Waals surface area (Å²) in [5.74, 6) is -0.852. The Balaban J connectivity index is 1.42. The highest BCUT2D eigenvalue weighted by atomic mass is 79.9. The molecule has 1 aliphatic rings. The maximum Gasteiger partial charge on any atom is 0.411 e. The maximum atomic E-state index is 12.7. The van der Waals surface area contributed by atoms with Gasteiger partial charge in [0.25, 0.3) is 0 Å². The molecule has 0 aliphatic carbocycles. The first-order valence-electron chi connectivity index (χ1n) is 10.4. The average molecular weight is 518 g/mol. The molecular formula is C24H24BrNO5S. The molecule has 168 valence electrons. The summed E-state index contributed by atoms with van der Waals surface area (Å²) >= 11 is 5.10. The number of amides is 1. The molecule has 0 saturated carbocycles. The van der Waals surface area contributed by atoms with E-state index in [0.29, 0.717) is 24.9 Å². The number of thiophene rings is 1. The molecule has 1 saturated heterocycles. The number of benzene rings is 2. The lowest BCUT2D eigenvalue weighted by Crippen LogP contribution is -2.44. The predicted molar refractivity (Wildman–Crippen MR) is 128 cm³/mol. The Bertz CT molecular complexity index is 1210. The van der Waals surface area contributed by atoms with Gasteiger partial charge in [0.05, 0.1) is 0 Å². The van der Waals surface area contributed by atoms with Gasteiger partial charge in [0.2, 0.25) is 0 Å². The molecule has 3 aromatic rings. The number of Topliss-reactive ketones (excluding diaryl/α,β-unsaturated/α-hetero) is 1. The molecule has 1 fully saturated rings. The molecule has 1 amide bonds. The maximum absolute atomic E-state index is 12.7. The minimum Gasteiger partial charge on any atom is -0.456 e. The minimum absolute atomic E-state index is 0.277. The van der Waals surface area contributed by atoms with E-state index >= 15 is 0 Å². The Morgan fingerprint density at radius 3 is 2.50 bits per heavy atom. The molecule has 0 radical (unpaired) electrons. The Hall–Kier alpha value is -2.45. The van der Waals surface area contributed by atoms with Crippen molar-refractivity contribution in [3.05, 3.63) is 46.4 Å². The molecule has 0 bridgehead atoms. The van der Waals surface area contributed by atoms with E-state index in [4.69, 9.17) is 9.47 Å². The van der Waals surface area contributed by atoms with Crippen molar-refractivity contribution in [2.75, 3.05) is 13.2 Å². The monoisotopic (exact) mass is 517 g/mol. The average Bonchev–Trinajstić information content (AvgIpc) is 3.34. The van der Waals surface area contributed by atoms with E-state index < -0.39 is 23.7 Å². The summed E-state index contributed by atoms with van der Waals surface area (Å²) < 4.78 is 13.8. The Kier molecular flexibility index (Phi) is 6.27. The number of ether oxygens (including phenoxy) is 2. The van der Waals surface area contributed by atoms with Crippen LogP contribution < -0.4 is 0 Å². The number of hydrogen-bond acceptors (Lipinski definition) is 6. The van der Waals surface area contributed by atoms with Crippen molar-refractivity contribution in [3.63, 3.8) is 0 Å². The van der Waals surface area contributed by atoms with Crippen molar-refractivity contribution in [1.29, 1.82) is 0 Å². The van der Waals surface area contributed by atoms with Crippen molar-refractivity contribution in [3.8, 4) is 0 Å². The summed E-state index contributed by atoms with van der Waals surface area (Å²) in [7, 11) is 0. The molecule has 0 N–H and O–H groups in total. The zero-order valence-corrected chi connectivity index (χ0v) is 20.5. The lowest BCUT2D eigenvalue weighted by atomic mass is 10.1. The normalized spacial score (nSPS) is 16.5. The molecule has 1 atom stereocenters. The summed E-state index contributed by atoms with van der Waals surface area (Å²) in [6.45, 7) is 5.40. The SMILES string of the molecule is CC(C)(C)OC(=O)N1CCC[C@H]1C(=O)OCC(=O)c1ccc2c(c1)sc1cc(Br)ccc12. The van der Waals surface area contributed by atoms with Crippen molar-refractivity contribution in [2.24, 2.45) is 0 Å². The second kappa shape index (κ2) is 8.83. The number of carbonyl (C=O) groups is 3. The minimum atomic E-state index is -0.721. The van der Waals surface area contributed by atoms with Gasteiger partial charge < -0.3 is 9.47 Å². The van der Waals surface area contributed by atoms with Gasteiger partial charge in [-0.25, -0.2) is 9.59 Å². The van der Waals surface area contributed by atoms with Gasteiger partial charge in [-0.2, -0.15) is 0 Å². The van der Waals surface area contributed by atoms with Crippen molar-refractivity contribution >= 4 is 65.3 Å². The van der Waals surface area contributed by atoms with Gasteiger partial charge in [0.1, 0.15) is 11.6 Å². The van der Waals surface area contributed by atoms with Gasteiger partial charge >= 0.3 is 12.1 Å².